The Kier molecular flexibility index (Phi) is 4.65. The maximum absolute atomic E-state index is 11.5. The second-order valence-corrected chi connectivity index (χ2v) is 5.67. The van der Waals surface area contributed by atoms with E-state index in [9.17, 15) is 10.2 Å². The molecular weight excluding hydrogens is 300 g/mol. The molecular formula is C21H20O3. The quantitative estimate of drug-likeness (QED) is 0.754. The summed E-state index contributed by atoms with van der Waals surface area (Å²) in [5, 5.41) is 22.5. The first-order valence-electron chi connectivity index (χ1n) is 7.81. The molecule has 0 heterocycles. The zero-order chi connectivity index (χ0) is 17.0. The van der Waals surface area contributed by atoms with E-state index in [-0.39, 0.29) is 0 Å². The Labute approximate surface area is 141 Å². The van der Waals surface area contributed by atoms with Gasteiger partial charge in [-0.2, -0.15) is 0 Å². The Hall–Kier alpha value is -2.62. The summed E-state index contributed by atoms with van der Waals surface area (Å²) in [6.45, 7) is 0. The molecule has 2 N–H and O–H groups in total. The van der Waals surface area contributed by atoms with Crippen LogP contribution in [0.1, 0.15) is 22.8 Å². The number of hydrogen-bond donors (Lipinski definition) is 2. The van der Waals surface area contributed by atoms with Crippen LogP contribution in [0.2, 0.25) is 0 Å². The monoisotopic (exact) mass is 320 g/mol. The second kappa shape index (κ2) is 6.87. The highest BCUT2D eigenvalue weighted by Crippen LogP contribution is 2.41. The van der Waals surface area contributed by atoms with Gasteiger partial charge in [0.1, 0.15) is 17.5 Å². The van der Waals surface area contributed by atoms with E-state index in [1.807, 2.05) is 60.7 Å². The minimum Gasteiger partial charge on any atom is -0.497 e. The first-order valence-corrected chi connectivity index (χ1v) is 7.81. The van der Waals surface area contributed by atoms with E-state index in [1.165, 1.54) is 0 Å². The number of methoxy groups -OCH3 is 1. The predicted molar refractivity (Wildman–Crippen MR) is 93.8 cm³/mol. The van der Waals surface area contributed by atoms with Gasteiger partial charge in [-0.15, -0.1) is 0 Å². The molecule has 0 aliphatic rings. The van der Waals surface area contributed by atoms with E-state index in [0.717, 1.165) is 0 Å². The molecule has 0 aliphatic carbocycles. The molecule has 3 aromatic rings. The molecule has 0 amide bonds. The van der Waals surface area contributed by atoms with Gasteiger partial charge in [0.25, 0.3) is 0 Å². The fraction of sp³-hybridized carbons (Fsp3) is 0.143. The fourth-order valence-electron chi connectivity index (χ4n) is 2.90. The van der Waals surface area contributed by atoms with Crippen LogP contribution >= 0.6 is 0 Å². The van der Waals surface area contributed by atoms with Crippen molar-refractivity contribution >= 4 is 0 Å². The minimum atomic E-state index is -1.56. The van der Waals surface area contributed by atoms with Crippen LogP contribution in [0.15, 0.2) is 84.9 Å². The molecule has 0 unspecified atom stereocenters. The highest BCUT2D eigenvalue weighted by Gasteiger charge is 2.40. The molecule has 0 aliphatic heterocycles. The summed E-state index contributed by atoms with van der Waals surface area (Å²) in [5.41, 5.74) is 0.326. The smallest absolute Gasteiger partial charge is 0.145 e. The van der Waals surface area contributed by atoms with Crippen molar-refractivity contribution in [2.24, 2.45) is 0 Å². The lowest BCUT2D eigenvalue weighted by molar-refractivity contribution is -0.0517. The normalized spacial score (nSPS) is 14.6. The van der Waals surface area contributed by atoms with Crippen molar-refractivity contribution in [3.05, 3.63) is 102 Å². The summed E-state index contributed by atoms with van der Waals surface area (Å²) in [5.74, 6) is 0.698. The highest BCUT2D eigenvalue weighted by molar-refractivity contribution is 5.42. The van der Waals surface area contributed by atoms with Gasteiger partial charge in [0, 0.05) is 0 Å². The van der Waals surface area contributed by atoms with E-state index >= 15 is 0 Å². The van der Waals surface area contributed by atoms with Gasteiger partial charge in [0.2, 0.25) is 0 Å². The molecule has 0 radical (unpaired) electrons. The van der Waals surface area contributed by atoms with E-state index in [0.29, 0.717) is 22.4 Å². The van der Waals surface area contributed by atoms with Crippen molar-refractivity contribution in [3.8, 4) is 5.75 Å². The predicted octanol–water partition coefficient (Wildman–Crippen LogP) is 3.66. The number of ether oxygens (including phenoxy) is 1. The van der Waals surface area contributed by atoms with E-state index in [1.54, 1.807) is 31.4 Å². The summed E-state index contributed by atoms with van der Waals surface area (Å²) >= 11 is 0. The van der Waals surface area contributed by atoms with Crippen LogP contribution in [-0.4, -0.2) is 17.3 Å². The first kappa shape index (κ1) is 16.2. The second-order valence-electron chi connectivity index (χ2n) is 5.67. The topological polar surface area (TPSA) is 49.7 Å². The first-order chi connectivity index (χ1) is 11.7. The Bertz CT molecular complexity index is 769. The number of aliphatic hydroxyl groups is 2. The highest BCUT2D eigenvalue weighted by atomic mass is 16.5. The maximum atomic E-state index is 11.5. The maximum Gasteiger partial charge on any atom is 0.145 e. The van der Waals surface area contributed by atoms with Crippen molar-refractivity contribution in [1.82, 2.24) is 0 Å². The van der Waals surface area contributed by atoms with Crippen molar-refractivity contribution < 1.29 is 14.9 Å². The van der Waals surface area contributed by atoms with Gasteiger partial charge in [0.05, 0.1) is 7.11 Å². The third-order valence-electron chi connectivity index (χ3n) is 4.26. The summed E-state index contributed by atoms with van der Waals surface area (Å²) in [4.78, 5) is 0. The van der Waals surface area contributed by atoms with Crippen LogP contribution in [0.25, 0.3) is 0 Å². The van der Waals surface area contributed by atoms with E-state index < -0.39 is 11.7 Å². The molecule has 3 aromatic carbocycles. The minimum absolute atomic E-state index is 0.603. The van der Waals surface area contributed by atoms with E-state index in [4.69, 9.17) is 4.74 Å². The molecule has 0 saturated carbocycles. The third kappa shape index (κ3) is 2.92. The van der Waals surface area contributed by atoms with Crippen LogP contribution in [0.5, 0.6) is 5.75 Å². The lowest BCUT2D eigenvalue weighted by atomic mass is 9.79. The Morgan fingerprint density at radius 2 is 1.25 bits per heavy atom. The van der Waals surface area contributed by atoms with Gasteiger partial charge in [-0.3, -0.25) is 0 Å². The molecule has 0 bridgehead atoms. The zero-order valence-corrected chi connectivity index (χ0v) is 13.5. The molecule has 0 fully saturated rings. The molecule has 3 heteroatoms. The van der Waals surface area contributed by atoms with Gasteiger partial charge in [0.15, 0.2) is 0 Å². The van der Waals surface area contributed by atoms with Crippen LogP contribution in [0.3, 0.4) is 0 Å². The Morgan fingerprint density at radius 3 is 1.79 bits per heavy atom. The summed E-state index contributed by atoms with van der Waals surface area (Å²) in [7, 11) is 1.59. The van der Waals surface area contributed by atoms with Gasteiger partial charge < -0.3 is 14.9 Å². The number of rotatable bonds is 5. The standard InChI is InChI=1S/C21H20O3/c1-24-19-14-12-18(13-15-19)21(23,17-10-6-3-7-11-17)20(22)16-8-4-2-5-9-16/h2-15,20,22-23H,1H3/t20-,21-/m0/s1. The van der Waals surface area contributed by atoms with Crippen LogP contribution in [-0.2, 0) is 5.60 Å². The fourth-order valence-corrected chi connectivity index (χ4v) is 2.90. The number of benzene rings is 3. The van der Waals surface area contributed by atoms with Crippen molar-refractivity contribution in [1.29, 1.82) is 0 Å². The Morgan fingerprint density at radius 1 is 0.750 bits per heavy atom. The van der Waals surface area contributed by atoms with Crippen LogP contribution in [0, 0.1) is 0 Å². The van der Waals surface area contributed by atoms with Crippen LogP contribution < -0.4 is 4.74 Å². The average Bonchev–Trinajstić information content (AvgIpc) is 2.68. The van der Waals surface area contributed by atoms with Crippen molar-refractivity contribution in [2.75, 3.05) is 7.11 Å². The average molecular weight is 320 g/mol. The molecule has 0 aromatic heterocycles. The molecule has 24 heavy (non-hydrogen) atoms. The Balaban J connectivity index is 2.13. The molecule has 0 spiro atoms. The van der Waals surface area contributed by atoms with Gasteiger partial charge in [-0.1, -0.05) is 72.8 Å². The number of hydrogen-bond acceptors (Lipinski definition) is 3. The summed E-state index contributed by atoms with van der Waals surface area (Å²) in [6, 6.07) is 25.5. The summed E-state index contributed by atoms with van der Waals surface area (Å²) < 4.78 is 5.19. The number of aliphatic hydroxyl groups excluding tert-OH is 1. The lowest BCUT2D eigenvalue weighted by Crippen LogP contribution is -2.35. The van der Waals surface area contributed by atoms with Gasteiger partial charge in [-0.25, -0.2) is 0 Å². The molecule has 0 saturated heterocycles. The van der Waals surface area contributed by atoms with Crippen LogP contribution in [0.4, 0.5) is 0 Å². The molecule has 122 valence electrons. The molecule has 3 rings (SSSR count). The van der Waals surface area contributed by atoms with Gasteiger partial charge in [-0.05, 0) is 28.8 Å². The molecule has 2 atom stereocenters. The largest absolute Gasteiger partial charge is 0.497 e. The zero-order valence-electron chi connectivity index (χ0n) is 13.5. The molecule has 3 nitrogen and oxygen atoms in total. The summed E-state index contributed by atoms with van der Waals surface area (Å²) in [6.07, 6.45) is -1.10. The third-order valence-corrected chi connectivity index (χ3v) is 4.26. The van der Waals surface area contributed by atoms with Gasteiger partial charge >= 0.3 is 0 Å². The van der Waals surface area contributed by atoms with Crippen molar-refractivity contribution in [3.63, 3.8) is 0 Å². The SMILES string of the molecule is COc1ccc([C@@](O)(c2ccccc2)[C@@H](O)c2ccccc2)cc1. The van der Waals surface area contributed by atoms with E-state index in [2.05, 4.69) is 0 Å². The lowest BCUT2D eigenvalue weighted by Gasteiger charge is -2.34. The van der Waals surface area contributed by atoms with Crippen molar-refractivity contribution in [2.45, 2.75) is 11.7 Å².